The molecule has 0 aliphatic carbocycles. The molecule has 0 fully saturated rings. The summed E-state index contributed by atoms with van der Waals surface area (Å²) in [5.41, 5.74) is -0.888. The first-order valence-electron chi connectivity index (χ1n) is 6.25. The number of ether oxygens (including phenoxy) is 1. The minimum Gasteiger partial charge on any atom is -0.465 e. The maximum absolute atomic E-state index is 13.7. The van der Waals surface area contributed by atoms with Crippen LogP contribution in [0.2, 0.25) is 0 Å². The van der Waals surface area contributed by atoms with Gasteiger partial charge in [-0.1, -0.05) is 6.92 Å². The van der Waals surface area contributed by atoms with Crippen LogP contribution in [0, 0.1) is 21.8 Å². The largest absolute Gasteiger partial charge is 0.465 e. The van der Waals surface area contributed by atoms with E-state index in [1.807, 2.05) is 0 Å². The van der Waals surface area contributed by atoms with Crippen LogP contribution in [0.5, 0.6) is 0 Å². The Hall–Kier alpha value is -2.22. The molecule has 0 aromatic heterocycles. The third kappa shape index (κ3) is 3.88. The molecular weight excluding hydrogens is 283 g/mol. The minimum absolute atomic E-state index is 0.00500. The lowest BCUT2D eigenvalue weighted by Crippen LogP contribution is -2.26. The van der Waals surface area contributed by atoms with E-state index in [-0.39, 0.29) is 24.3 Å². The molecule has 8 heteroatoms. The van der Waals surface area contributed by atoms with Crippen LogP contribution in [-0.4, -0.2) is 35.8 Å². The maximum atomic E-state index is 13.7. The fourth-order valence-electron chi connectivity index (χ4n) is 1.64. The molecule has 2 atom stereocenters. The molecule has 0 saturated heterocycles. The number of nitro groups is 1. The average molecular weight is 300 g/mol. The standard InChI is InChI=1S/C13H17FN2O5/c1-7(6-17)8(2)15-11-4-9(13(18)21-3)10(14)5-12(11)16(19)20/h4-5,7-8,15,17H,6H2,1-3H3. The highest BCUT2D eigenvalue weighted by Crippen LogP contribution is 2.29. The lowest BCUT2D eigenvalue weighted by Gasteiger charge is -2.20. The summed E-state index contributed by atoms with van der Waals surface area (Å²) in [6.07, 6.45) is 0. The molecule has 1 aromatic rings. The number of hydrogen-bond donors (Lipinski definition) is 2. The molecule has 1 aromatic carbocycles. The summed E-state index contributed by atoms with van der Waals surface area (Å²) in [6, 6.07) is 1.40. The number of aliphatic hydroxyl groups is 1. The second-order valence-electron chi connectivity index (χ2n) is 4.69. The van der Waals surface area contributed by atoms with E-state index in [2.05, 4.69) is 10.1 Å². The van der Waals surface area contributed by atoms with Gasteiger partial charge in [0, 0.05) is 12.6 Å². The lowest BCUT2D eigenvalue weighted by atomic mass is 10.0. The Morgan fingerprint density at radius 3 is 2.62 bits per heavy atom. The van der Waals surface area contributed by atoms with Gasteiger partial charge in [0.15, 0.2) is 0 Å². The van der Waals surface area contributed by atoms with Gasteiger partial charge in [0.25, 0.3) is 5.69 Å². The molecule has 0 saturated carbocycles. The van der Waals surface area contributed by atoms with Gasteiger partial charge in [-0.2, -0.15) is 0 Å². The molecule has 2 N–H and O–H groups in total. The number of nitro benzene ring substituents is 1. The van der Waals surface area contributed by atoms with Gasteiger partial charge in [-0.3, -0.25) is 10.1 Å². The predicted molar refractivity (Wildman–Crippen MR) is 73.7 cm³/mol. The molecule has 116 valence electrons. The Morgan fingerprint density at radius 2 is 2.14 bits per heavy atom. The van der Waals surface area contributed by atoms with Gasteiger partial charge in [-0.05, 0) is 18.9 Å². The number of methoxy groups -OCH3 is 1. The summed E-state index contributed by atoms with van der Waals surface area (Å²) >= 11 is 0. The van der Waals surface area contributed by atoms with Gasteiger partial charge >= 0.3 is 5.97 Å². The van der Waals surface area contributed by atoms with Crippen LogP contribution < -0.4 is 5.32 Å². The highest BCUT2D eigenvalue weighted by Gasteiger charge is 2.24. The Kier molecular flexibility index (Phi) is 5.60. The first kappa shape index (κ1) is 16.8. The van der Waals surface area contributed by atoms with Crippen molar-refractivity contribution < 1.29 is 24.0 Å². The van der Waals surface area contributed by atoms with Crippen LogP contribution in [0.4, 0.5) is 15.8 Å². The van der Waals surface area contributed by atoms with E-state index in [0.717, 1.165) is 13.2 Å². The average Bonchev–Trinajstić information content (AvgIpc) is 2.46. The number of esters is 1. The number of hydrogen-bond acceptors (Lipinski definition) is 6. The zero-order valence-corrected chi connectivity index (χ0v) is 11.9. The third-order valence-corrected chi connectivity index (χ3v) is 3.21. The quantitative estimate of drug-likeness (QED) is 0.473. The summed E-state index contributed by atoms with van der Waals surface area (Å²) in [6.45, 7) is 3.34. The highest BCUT2D eigenvalue weighted by atomic mass is 19.1. The fraction of sp³-hybridized carbons (Fsp3) is 0.462. The number of nitrogens with one attached hydrogen (secondary N) is 1. The number of nitrogens with zero attached hydrogens (tertiary/aromatic N) is 1. The lowest BCUT2D eigenvalue weighted by molar-refractivity contribution is -0.384. The van der Waals surface area contributed by atoms with Crippen molar-refractivity contribution in [3.05, 3.63) is 33.6 Å². The number of rotatable bonds is 6. The molecule has 0 aliphatic heterocycles. The molecule has 0 spiro atoms. The number of carbonyl (C=O) groups excluding carboxylic acids is 1. The summed E-state index contributed by atoms with van der Waals surface area (Å²) in [5.74, 6) is -2.13. The van der Waals surface area contributed by atoms with Gasteiger partial charge in [0.2, 0.25) is 0 Å². The smallest absolute Gasteiger partial charge is 0.340 e. The summed E-state index contributed by atoms with van der Waals surface area (Å²) in [5, 5.41) is 22.9. The van der Waals surface area contributed by atoms with Crippen molar-refractivity contribution in [2.75, 3.05) is 19.0 Å². The summed E-state index contributed by atoms with van der Waals surface area (Å²) < 4.78 is 18.1. The van der Waals surface area contributed by atoms with Gasteiger partial charge in [0.05, 0.1) is 23.7 Å². The second-order valence-corrected chi connectivity index (χ2v) is 4.69. The third-order valence-electron chi connectivity index (χ3n) is 3.21. The molecular formula is C13H17FN2O5. The topological polar surface area (TPSA) is 102 Å². The molecule has 7 nitrogen and oxygen atoms in total. The van der Waals surface area contributed by atoms with Crippen molar-refractivity contribution in [1.29, 1.82) is 0 Å². The van der Waals surface area contributed by atoms with E-state index in [9.17, 15) is 19.3 Å². The maximum Gasteiger partial charge on any atom is 0.340 e. The minimum atomic E-state index is -1.03. The van der Waals surface area contributed by atoms with Gasteiger partial charge in [-0.15, -0.1) is 0 Å². The Morgan fingerprint density at radius 1 is 1.52 bits per heavy atom. The normalized spacial score (nSPS) is 13.4. The van der Waals surface area contributed by atoms with Crippen LogP contribution in [0.25, 0.3) is 0 Å². The van der Waals surface area contributed by atoms with Crippen LogP contribution >= 0.6 is 0 Å². The van der Waals surface area contributed by atoms with E-state index >= 15 is 0 Å². The zero-order chi connectivity index (χ0) is 16.2. The van der Waals surface area contributed by atoms with E-state index in [4.69, 9.17) is 5.11 Å². The van der Waals surface area contributed by atoms with Crippen molar-refractivity contribution in [1.82, 2.24) is 0 Å². The summed E-state index contributed by atoms with van der Waals surface area (Å²) in [4.78, 5) is 21.7. The van der Waals surface area contributed by atoms with Crippen molar-refractivity contribution in [3.63, 3.8) is 0 Å². The number of carbonyl (C=O) groups is 1. The number of benzene rings is 1. The van der Waals surface area contributed by atoms with Crippen molar-refractivity contribution in [2.24, 2.45) is 5.92 Å². The SMILES string of the molecule is COC(=O)c1cc(NC(C)C(C)CO)c([N+](=O)[O-])cc1F. The molecule has 21 heavy (non-hydrogen) atoms. The molecule has 0 aliphatic rings. The number of halogens is 1. The van der Waals surface area contributed by atoms with Crippen molar-refractivity contribution >= 4 is 17.3 Å². The first-order valence-corrected chi connectivity index (χ1v) is 6.25. The molecule has 0 amide bonds. The number of anilines is 1. The van der Waals surface area contributed by atoms with E-state index < -0.39 is 28.0 Å². The van der Waals surface area contributed by atoms with Crippen LogP contribution in [0.15, 0.2) is 12.1 Å². The molecule has 0 bridgehead atoms. The Labute approximate surface area is 120 Å². The molecule has 2 unspecified atom stereocenters. The molecule has 0 heterocycles. The van der Waals surface area contributed by atoms with Crippen LogP contribution in [0.3, 0.4) is 0 Å². The second kappa shape index (κ2) is 6.98. The van der Waals surface area contributed by atoms with Crippen molar-refractivity contribution in [2.45, 2.75) is 19.9 Å². The van der Waals surface area contributed by atoms with E-state index in [1.54, 1.807) is 13.8 Å². The van der Waals surface area contributed by atoms with Gasteiger partial charge < -0.3 is 15.2 Å². The predicted octanol–water partition coefficient (Wildman–Crippen LogP) is 1.95. The first-order chi connectivity index (χ1) is 9.81. The van der Waals surface area contributed by atoms with E-state index in [0.29, 0.717) is 6.07 Å². The van der Waals surface area contributed by atoms with E-state index in [1.165, 1.54) is 0 Å². The van der Waals surface area contributed by atoms with Crippen molar-refractivity contribution in [3.8, 4) is 0 Å². The Balaban J connectivity index is 3.26. The van der Waals surface area contributed by atoms with Gasteiger partial charge in [-0.25, -0.2) is 9.18 Å². The fourth-order valence-corrected chi connectivity index (χ4v) is 1.64. The molecule has 1 rings (SSSR count). The monoisotopic (exact) mass is 300 g/mol. The number of aliphatic hydroxyl groups excluding tert-OH is 1. The summed E-state index contributed by atoms with van der Waals surface area (Å²) in [7, 11) is 1.09. The van der Waals surface area contributed by atoms with Gasteiger partial charge in [0.1, 0.15) is 11.5 Å². The molecule has 0 radical (unpaired) electrons. The highest BCUT2D eigenvalue weighted by molar-refractivity contribution is 5.92. The van der Waals surface area contributed by atoms with Crippen LogP contribution in [0.1, 0.15) is 24.2 Å². The Bertz CT molecular complexity index is 550. The van der Waals surface area contributed by atoms with Crippen LogP contribution in [-0.2, 0) is 4.74 Å². The zero-order valence-electron chi connectivity index (χ0n) is 11.9.